The van der Waals surface area contributed by atoms with Crippen molar-refractivity contribution in [2.24, 2.45) is 0 Å². The van der Waals surface area contributed by atoms with Gasteiger partial charge in [0.25, 0.3) is 0 Å². The molecule has 1 N–H and O–H groups in total. The van der Waals surface area contributed by atoms with E-state index >= 15 is 0 Å². The van der Waals surface area contributed by atoms with Crippen LogP contribution >= 0.6 is 0 Å². The SMILES string of the molecule is Cc1ccc(CNC(=O)C(F)(F)F)cc1. The van der Waals surface area contributed by atoms with Crippen molar-refractivity contribution in [3.05, 3.63) is 35.4 Å². The molecule has 0 heterocycles. The molecule has 1 aromatic carbocycles. The van der Waals surface area contributed by atoms with Gasteiger partial charge in [-0.15, -0.1) is 0 Å². The summed E-state index contributed by atoms with van der Waals surface area (Å²) in [5, 5.41) is 1.79. The lowest BCUT2D eigenvalue weighted by molar-refractivity contribution is -0.173. The van der Waals surface area contributed by atoms with E-state index in [0.29, 0.717) is 5.56 Å². The number of carbonyl (C=O) groups excluding carboxylic acids is 1. The Hall–Kier alpha value is -1.52. The Balaban J connectivity index is 2.51. The molecule has 1 rings (SSSR count). The van der Waals surface area contributed by atoms with Gasteiger partial charge in [0, 0.05) is 6.54 Å². The van der Waals surface area contributed by atoms with E-state index < -0.39 is 12.1 Å². The molecule has 0 unspecified atom stereocenters. The number of alkyl halides is 3. The van der Waals surface area contributed by atoms with Gasteiger partial charge >= 0.3 is 12.1 Å². The average molecular weight is 217 g/mol. The highest BCUT2D eigenvalue weighted by molar-refractivity contribution is 5.81. The van der Waals surface area contributed by atoms with Gasteiger partial charge in [0.1, 0.15) is 0 Å². The highest BCUT2D eigenvalue weighted by Crippen LogP contribution is 2.14. The van der Waals surface area contributed by atoms with Crippen LogP contribution in [0.15, 0.2) is 24.3 Å². The molecule has 1 amide bonds. The van der Waals surface area contributed by atoms with Crippen LogP contribution in [0.4, 0.5) is 13.2 Å². The molecule has 0 radical (unpaired) electrons. The van der Waals surface area contributed by atoms with Crippen LogP contribution in [0.3, 0.4) is 0 Å². The molecule has 0 spiro atoms. The molecule has 5 heteroatoms. The maximum atomic E-state index is 11.8. The smallest absolute Gasteiger partial charge is 0.344 e. The van der Waals surface area contributed by atoms with E-state index in [9.17, 15) is 18.0 Å². The van der Waals surface area contributed by atoms with Crippen LogP contribution < -0.4 is 5.32 Å². The first kappa shape index (κ1) is 11.6. The maximum absolute atomic E-state index is 11.8. The van der Waals surface area contributed by atoms with Gasteiger partial charge in [-0.3, -0.25) is 4.79 Å². The van der Waals surface area contributed by atoms with Crippen molar-refractivity contribution in [2.45, 2.75) is 19.6 Å². The van der Waals surface area contributed by atoms with Crippen LogP contribution in [-0.2, 0) is 11.3 Å². The van der Waals surface area contributed by atoms with Gasteiger partial charge in [0.15, 0.2) is 0 Å². The van der Waals surface area contributed by atoms with Gasteiger partial charge in [-0.2, -0.15) is 13.2 Å². The number of carbonyl (C=O) groups is 1. The minimum Gasteiger partial charge on any atom is -0.344 e. The molecule has 0 fully saturated rings. The van der Waals surface area contributed by atoms with Crippen LogP contribution in [0, 0.1) is 6.92 Å². The summed E-state index contributed by atoms with van der Waals surface area (Å²) in [6, 6.07) is 6.89. The molecule has 0 aliphatic carbocycles. The second kappa shape index (κ2) is 4.33. The van der Waals surface area contributed by atoms with Crippen LogP contribution in [-0.4, -0.2) is 12.1 Å². The van der Waals surface area contributed by atoms with Crippen molar-refractivity contribution in [3.8, 4) is 0 Å². The third-order valence-electron chi connectivity index (χ3n) is 1.83. The lowest BCUT2D eigenvalue weighted by Gasteiger charge is -2.07. The molecular formula is C10H10F3NO. The first-order valence-electron chi connectivity index (χ1n) is 4.30. The fourth-order valence-electron chi connectivity index (χ4n) is 0.988. The minimum absolute atomic E-state index is 0.112. The van der Waals surface area contributed by atoms with Crippen molar-refractivity contribution in [3.63, 3.8) is 0 Å². The number of amides is 1. The van der Waals surface area contributed by atoms with Crippen molar-refractivity contribution in [1.29, 1.82) is 0 Å². The van der Waals surface area contributed by atoms with Crippen molar-refractivity contribution >= 4 is 5.91 Å². The fourth-order valence-corrected chi connectivity index (χ4v) is 0.988. The molecule has 15 heavy (non-hydrogen) atoms. The number of benzene rings is 1. The van der Waals surface area contributed by atoms with Gasteiger partial charge in [-0.25, -0.2) is 0 Å². The summed E-state index contributed by atoms with van der Waals surface area (Å²) in [6.45, 7) is 1.76. The quantitative estimate of drug-likeness (QED) is 0.808. The zero-order valence-corrected chi connectivity index (χ0v) is 8.06. The molecule has 82 valence electrons. The predicted molar refractivity (Wildman–Crippen MR) is 49.1 cm³/mol. The summed E-state index contributed by atoms with van der Waals surface area (Å²) in [5.74, 6) is -1.91. The largest absolute Gasteiger partial charge is 0.471 e. The normalized spacial score (nSPS) is 11.2. The monoisotopic (exact) mass is 217 g/mol. The lowest BCUT2D eigenvalue weighted by atomic mass is 10.1. The number of aryl methyl sites for hydroxylation is 1. The Morgan fingerprint density at radius 2 is 1.80 bits per heavy atom. The summed E-state index contributed by atoms with van der Waals surface area (Å²) in [7, 11) is 0. The minimum atomic E-state index is -4.81. The van der Waals surface area contributed by atoms with Gasteiger partial charge in [-0.1, -0.05) is 29.8 Å². The Bertz CT molecular complexity index is 343. The highest BCUT2D eigenvalue weighted by Gasteiger charge is 2.38. The average Bonchev–Trinajstić information content (AvgIpc) is 2.15. The summed E-state index contributed by atoms with van der Waals surface area (Å²) in [6.07, 6.45) is -4.81. The molecule has 0 saturated heterocycles. The summed E-state index contributed by atoms with van der Waals surface area (Å²) in [4.78, 5) is 10.5. The molecule has 0 saturated carbocycles. The van der Waals surface area contributed by atoms with Gasteiger partial charge in [0.2, 0.25) is 0 Å². The van der Waals surface area contributed by atoms with E-state index in [1.165, 1.54) is 0 Å². The topological polar surface area (TPSA) is 29.1 Å². The van der Waals surface area contributed by atoms with Gasteiger partial charge < -0.3 is 5.32 Å². The summed E-state index contributed by atoms with van der Waals surface area (Å²) in [5.41, 5.74) is 1.65. The van der Waals surface area contributed by atoms with Crippen molar-refractivity contribution in [2.75, 3.05) is 0 Å². The van der Waals surface area contributed by atoms with Crippen LogP contribution in [0.25, 0.3) is 0 Å². The molecule has 0 aromatic heterocycles. The fraction of sp³-hybridized carbons (Fsp3) is 0.300. The number of rotatable bonds is 2. The standard InChI is InChI=1S/C10H10F3NO/c1-7-2-4-8(5-3-7)6-14-9(15)10(11,12)13/h2-5H,6H2,1H3,(H,14,15). The second-order valence-electron chi connectivity index (χ2n) is 3.17. The van der Waals surface area contributed by atoms with E-state index in [1.54, 1.807) is 29.6 Å². The van der Waals surface area contributed by atoms with E-state index in [-0.39, 0.29) is 6.54 Å². The molecule has 0 aliphatic heterocycles. The predicted octanol–water partition coefficient (Wildman–Crippen LogP) is 2.17. The Labute approximate surface area is 85.1 Å². The molecule has 0 atom stereocenters. The third kappa shape index (κ3) is 3.61. The maximum Gasteiger partial charge on any atom is 0.471 e. The number of hydrogen-bond acceptors (Lipinski definition) is 1. The molecule has 1 aromatic rings. The number of hydrogen-bond donors (Lipinski definition) is 1. The van der Waals surface area contributed by atoms with E-state index in [1.807, 2.05) is 6.92 Å². The Morgan fingerprint density at radius 3 is 2.27 bits per heavy atom. The molecule has 2 nitrogen and oxygen atoms in total. The van der Waals surface area contributed by atoms with Crippen molar-refractivity contribution < 1.29 is 18.0 Å². The molecule has 0 aliphatic rings. The van der Waals surface area contributed by atoms with E-state index in [0.717, 1.165) is 5.56 Å². The summed E-state index contributed by atoms with van der Waals surface area (Å²) >= 11 is 0. The van der Waals surface area contributed by atoms with Gasteiger partial charge in [-0.05, 0) is 12.5 Å². The zero-order chi connectivity index (χ0) is 11.5. The molecular weight excluding hydrogens is 207 g/mol. The zero-order valence-electron chi connectivity index (χ0n) is 8.06. The Kier molecular flexibility index (Phi) is 3.34. The van der Waals surface area contributed by atoms with Gasteiger partial charge in [0.05, 0.1) is 0 Å². The highest BCUT2D eigenvalue weighted by atomic mass is 19.4. The van der Waals surface area contributed by atoms with Crippen LogP contribution in [0.2, 0.25) is 0 Å². The van der Waals surface area contributed by atoms with Crippen LogP contribution in [0.1, 0.15) is 11.1 Å². The molecule has 0 bridgehead atoms. The van der Waals surface area contributed by atoms with E-state index in [2.05, 4.69) is 0 Å². The summed E-state index contributed by atoms with van der Waals surface area (Å²) < 4.78 is 35.4. The van der Waals surface area contributed by atoms with Crippen molar-refractivity contribution in [1.82, 2.24) is 5.32 Å². The number of halogens is 3. The third-order valence-corrected chi connectivity index (χ3v) is 1.83. The second-order valence-corrected chi connectivity index (χ2v) is 3.17. The van der Waals surface area contributed by atoms with Crippen LogP contribution in [0.5, 0.6) is 0 Å². The Morgan fingerprint density at radius 1 is 1.27 bits per heavy atom. The number of nitrogens with one attached hydrogen (secondary N) is 1. The lowest BCUT2D eigenvalue weighted by Crippen LogP contribution is -2.36. The first-order chi connectivity index (χ1) is 6.89. The first-order valence-corrected chi connectivity index (χ1v) is 4.30. The van der Waals surface area contributed by atoms with E-state index in [4.69, 9.17) is 0 Å².